The van der Waals surface area contributed by atoms with Crippen molar-refractivity contribution in [2.75, 3.05) is 0 Å². The van der Waals surface area contributed by atoms with Crippen LogP contribution in [-0.2, 0) is 7.05 Å². The summed E-state index contributed by atoms with van der Waals surface area (Å²) in [6, 6.07) is 17.2. The monoisotopic (exact) mass is 275 g/mol. The number of furan rings is 1. The number of hydrogen-bond acceptors (Lipinski definition) is 2. The molecule has 0 fully saturated rings. The molecule has 0 spiro atoms. The number of para-hydroxylation sites is 1. The van der Waals surface area contributed by atoms with E-state index in [2.05, 4.69) is 0 Å². The van der Waals surface area contributed by atoms with Gasteiger partial charge in [0, 0.05) is 35.1 Å². The van der Waals surface area contributed by atoms with Gasteiger partial charge < -0.3 is 8.98 Å². The Balaban J connectivity index is 1.81. The van der Waals surface area contributed by atoms with E-state index in [1.165, 1.54) is 0 Å². The van der Waals surface area contributed by atoms with Gasteiger partial charge in [0.25, 0.3) is 0 Å². The Kier molecular flexibility index (Phi) is 2.48. The standard InChI is InChI=1S/C18H13NO2/c1-19-9-8-12-10-14(6-7-15(12)19)18(20)17-11-13-4-2-3-5-16(13)21-17/h2-11H,1H3. The van der Waals surface area contributed by atoms with Crippen LogP contribution in [0.4, 0.5) is 0 Å². The van der Waals surface area contributed by atoms with Crippen LogP contribution in [-0.4, -0.2) is 10.4 Å². The third-order valence-electron chi connectivity index (χ3n) is 3.80. The van der Waals surface area contributed by atoms with Crippen LogP contribution in [0.25, 0.3) is 21.9 Å². The minimum Gasteiger partial charge on any atom is -0.453 e. The Morgan fingerprint density at radius 3 is 2.71 bits per heavy atom. The SMILES string of the molecule is Cn1ccc2cc(C(=O)c3cc4ccccc4o3)ccc21. The second kappa shape index (κ2) is 4.35. The van der Waals surface area contributed by atoms with Crippen molar-refractivity contribution in [1.29, 1.82) is 0 Å². The summed E-state index contributed by atoms with van der Waals surface area (Å²) in [5.41, 5.74) is 2.49. The molecule has 4 aromatic rings. The van der Waals surface area contributed by atoms with Crippen LogP contribution in [0.2, 0.25) is 0 Å². The van der Waals surface area contributed by atoms with Crippen molar-refractivity contribution in [1.82, 2.24) is 4.57 Å². The van der Waals surface area contributed by atoms with Crippen LogP contribution >= 0.6 is 0 Å². The average Bonchev–Trinajstić information content (AvgIpc) is 3.10. The average molecular weight is 275 g/mol. The molecule has 3 heteroatoms. The summed E-state index contributed by atoms with van der Waals surface area (Å²) in [4.78, 5) is 12.6. The van der Waals surface area contributed by atoms with Gasteiger partial charge in [-0.2, -0.15) is 0 Å². The first-order chi connectivity index (χ1) is 10.2. The minimum atomic E-state index is -0.0862. The smallest absolute Gasteiger partial charge is 0.228 e. The van der Waals surface area contributed by atoms with E-state index in [9.17, 15) is 4.79 Å². The number of carbonyl (C=O) groups is 1. The molecule has 21 heavy (non-hydrogen) atoms. The molecule has 0 aliphatic heterocycles. The molecule has 2 aromatic carbocycles. The maximum atomic E-state index is 12.6. The molecule has 0 saturated carbocycles. The van der Waals surface area contributed by atoms with Gasteiger partial charge in [-0.05, 0) is 36.4 Å². The molecule has 0 unspecified atom stereocenters. The van der Waals surface area contributed by atoms with Crippen LogP contribution < -0.4 is 0 Å². The molecule has 0 atom stereocenters. The van der Waals surface area contributed by atoms with Crippen molar-refractivity contribution in [2.24, 2.45) is 7.05 Å². The molecule has 0 aliphatic rings. The highest BCUT2D eigenvalue weighted by molar-refractivity contribution is 6.10. The molecule has 4 rings (SSSR count). The maximum absolute atomic E-state index is 12.6. The van der Waals surface area contributed by atoms with Gasteiger partial charge in [0.2, 0.25) is 5.78 Å². The molecule has 0 bridgehead atoms. The summed E-state index contributed by atoms with van der Waals surface area (Å²) in [6.07, 6.45) is 1.99. The molecule has 0 aliphatic carbocycles. The van der Waals surface area contributed by atoms with Gasteiger partial charge >= 0.3 is 0 Å². The fourth-order valence-electron chi connectivity index (χ4n) is 2.66. The highest BCUT2D eigenvalue weighted by atomic mass is 16.3. The predicted molar refractivity (Wildman–Crippen MR) is 82.6 cm³/mol. The van der Waals surface area contributed by atoms with Crippen molar-refractivity contribution in [3.8, 4) is 0 Å². The van der Waals surface area contributed by atoms with Crippen LogP contribution in [0.15, 0.2) is 65.2 Å². The Hall–Kier alpha value is -2.81. The van der Waals surface area contributed by atoms with E-state index in [0.29, 0.717) is 11.3 Å². The number of hydrogen-bond donors (Lipinski definition) is 0. The zero-order chi connectivity index (χ0) is 14.4. The number of rotatable bonds is 2. The molecule has 0 N–H and O–H groups in total. The lowest BCUT2D eigenvalue weighted by atomic mass is 10.1. The lowest BCUT2D eigenvalue weighted by Gasteiger charge is -2.00. The van der Waals surface area contributed by atoms with Gasteiger partial charge in [-0.1, -0.05) is 18.2 Å². The van der Waals surface area contributed by atoms with Gasteiger partial charge in [0.15, 0.2) is 5.76 Å². The topological polar surface area (TPSA) is 35.1 Å². The van der Waals surface area contributed by atoms with Crippen LogP contribution in [0.3, 0.4) is 0 Å². The summed E-state index contributed by atoms with van der Waals surface area (Å²) in [5.74, 6) is 0.295. The highest BCUT2D eigenvalue weighted by Gasteiger charge is 2.15. The number of carbonyl (C=O) groups excluding carboxylic acids is 1. The van der Waals surface area contributed by atoms with Crippen molar-refractivity contribution >= 4 is 27.7 Å². The van der Waals surface area contributed by atoms with Crippen molar-refractivity contribution in [3.05, 3.63) is 72.1 Å². The molecule has 3 nitrogen and oxygen atoms in total. The van der Waals surface area contributed by atoms with Gasteiger partial charge in [0.1, 0.15) is 5.58 Å². The first kappa shape index (κ1) is 12.0. The number of nitrogens with zero attached hydrogens (tertiary/aromatic N) is 1. The maximum Gasteiger partial charge on any atom is 0.228 e. The van der Waals surface area contributed by atoms with E-state index in [1.807, 2.05) is 66.3 Å². The Morgan fingerprint density at radius 2 is 1.86 bits per heavy atom. The molecule has 102 valence electrons. The molecule has 0 radical (unpaired) electrons. The molecule has 2 heterocycles. The van der Waals surface area contributed by atoms with E-state index in [0.717, 1.165) is 21.9 Å². The number of fused-ring (bicyclic) bond motifs is 2. The predicted octanol–water partition coefficient (Wildman–Crippen LogP) is 4.16. The molecule has 2 aromatic heterocycles. The van der Waals surface area contributed by atoms with E-state index in [4.69, 9.17) is 4.42 Å². The number of ketones is 1. The first-order valence-electron chi connectivity index (χ1n) is 6.81. The summed E-state index contributed by atoms with van der Waals surface area (Å²) in [5, 5.41) is 2.00. The fourth-order valence-corrected chi connectivity index (χ4v) is 2.66. The lowest BCUT2D eigenvalue weighted by Crippen LogP contribution is -1.99. The van der Waals surface area contributed by atoms with Crippen LogP contribution in [0.1, 0.15) is 16.1 Å². The summed E-state index contributed by atoms with van der Waals surface area (Å²) >= 11 is 0. The lowest BCUT2D eigenvalue weighted by molar-refractivity contribution is 0.101. The van der Waals surface area contributed by atoms with Crippen molar-refractivity contribution in [2.45, 2.75) is 0 Å². The quantitative estimate of drug-likeness (QED) is 0.515. The Morgan fingerprint density at radius 1 is 1.00 bits per heavy atom. The highest BCUT2D eigenvalue weighted by Crippen LogP contribution is 2.23. The van der Waals surface area contributed by atoms with E-state index in [1.54, 1.807) is 6.07 Å². The van der Waals surface area contributed by atoms with Gasteiger partial charge in [-0.25, -0.2) is 0 Å². The zero-order valence-electron chi connectivity index (χ0n) is 11.5. The van der Waals surface area contributed by atoms with Crippen LogP contribution in [0, 0.1) is 0 Å². The van der Waals surface area contributed by atoms with Gasteiger partial charge in [-0.3, -0.25) is 4.79 Å². The number of aromatic nitrogens is 1. The Labute approximate surface area is 121 Å². The largest absolute Gasteiger partial charge is 0.453 e. The van der Waals surface area contributed by atoms with E-state index in [-0.39, 0.29) is 5.78 Å². The zero-order valence-corrected chi connectivity index (χ0v) is 11.5. The van der Waals surface area contributed by atoms with Crippen molar-refractivity contribution < 1.29 is 9.21 Å². The minimum absolute atomic E-state index is 0.0862. The fraction of sp³-hybridized carbons (Fsp3) is 0.0556. The molecule has 0 amide bonds. The van der Waals surface area contributed by atoms with Gasteiger partial charge in [0.05, 0.1) is 0 Å². The molecular weight excluding hydrogens is 262 g/mol. The normalized spacial score (nSPS) is 11.3. The summed E-state index contributed by atoms with van der Waals surface area (Å²) in [6.45, 7) is 0. The number of benzene rings is 2. The molecular formula is C18H13NO2. The Bertz CT molecular complexity index is 942. The van der Waals surface area contributed by atoms with E-state index < -0.39 is 0 Å². The van der Waals surface area contributed by atoms with Crippen LogP contribution in [0.5, 0.6) is 0 Å². The third-order valence-corrected chi connectivity index (χ3v) is 3.80. The second-order valence-electron chi connectivity index (χ2n) is 5.18. The summed E-state index contributed by atoms with van der Waals surface area (Å²) in [7, 11) is 1.99. The van der Waals surface area contributed by atoms with Gasteiger partial charge in [-0.15, -0.1) is 0 Å². The summed E-state index contributed by atoms with van der Waals surface area (Å²) < 4.78 is 7.68. The second-order valence-corrected chi connectivity index (χ2v) is 5.18. The van der Waals surface area contributed by atoms with Crippen molar-refractivity contribution in [3.63, 3.8) is 0 Å². The molecule has 0 saturated heterocycles. The first-order valence-corrected chi connectivity index (χ1v) is 6.81. The van der Waals surface area contributed by atoms with E-state index >= 15 is 0 Å². The number of aryl methyl sites for hydroxylation is 1. The third kappa shape index (κ3) is 1.86.